The Bertz CT molecular complexity index is 437. The van der Waals surface area contributed by atoms with Gasteiger partial charge in [-0.1, -0.05) is 6.07 Å². The lowest BCUT2D eigenvalue weighted by atomic mass is 10.3. The van der Waals surface area contributed by atoms with Crippen molar-refractivity contribution in [2.45, 2.75) is 18.0 Å². The maximum atomic E-state index is 11.8. The Labute approximate surface area is 89.0 Å². The van der Waals surface area contributed by atoms with Crippen LogP contribution in [0.1, 0.15) is 12.0 Å². The average molecular weight is 227 g/mol. The van der Waals surface area contributed by atoms with Crippen molar-refractivity contribution in [2.75, 3.05) is 13.1 Å². The summed E-state index contributed by atoms with van der Waals surface area (Å²) >= 11 is 0. The zero-order valence-electron chi connectivity index (χ0n) is 8.26. The molecule has 0 amide bonds. The van der Waals surface area contributed by atoms with Crippen LogP contribution in [-0.2, 0) is 16.6 Å². The predicted octanol–water partition coefficient (Wildman–Crippen LogP) is -0.0653. The second-order valence-electron chi connectivity index (χ2n) is 3.47. The normalized spacial score (nSPS) is 17.4. The third-order valence-corrected chi connectivity index (χ3v) is 4.27. The van der Waals surface area contributed by atoms with E-state index in [0.717, 1.165) is 12.0 Å². The highest BCUT2D eigenvalue weighted by Crippen LogP contribution is 2.19. The lowest BCUT2D eigenvalue weighted by Gasteiger charge is -2.29. The van der Waals surface area contributed by atoms with Gasteiger partial charge in [-0.2, -0.15) is 4.31 Å². The Morgan fingerprint density at radius 3 is 2.53 bits per heavy atom. The molecule has 1 aromatic rings. The minimum atomic E-state index is -3.35. The number of hydrogen-bond donors (Lipinski definition) is 1. The van der Waals surface area contributed by atoms with Gasteiger partial charge >= 0.3 is 0 Å². The van der Waals surface area contributed by atoms with Gasteiger partial charge in [-0.3, -0.25) is 0 Å². The molecule has 0 radical (unpaired) electrons. The third kappa shape index (κ3) is 1.88. The SMILES string of the molecule is NCc1ccc(S(=O)(=O)N2CCC2)nc1. The number of rotatable bonds is 3. The molecular weight excluding hydrogens is 214 g/mol. The summed E-state index contributed by atoms with van der Waals surface area (Å²) in [6.45, 7) is 1.57. The van der Waals surface area contributed by atoms with E-state index in [0.29, 0.717) is 19.6 Å². The zero-order chi connectivity index (χ0) is 10.9. The van der Waals surface area contributed by atoms with Gasteiger partial charge in [0, 0.05) is 25.8 Å². The minimum absolute atomic E-state index is 0.111. The molecule has 5 nitrogen and oxygen atoms in total. The van der Waals surface area contributed by atoms with Crippen LogP contribution in [0.5, 0.6) is 0 Å². The molecule has 0 saturated carbocycles. The molecular formula is C9H13N3O2S. The molecule has 0 atom stereocenters. The fourth-order valence-electron chi connectivity index (χ4n) is 1.34. The first-order chi connectivity index (χ1) is 7.14. The number of sulfonamides is 1. The van der Waals surface area contributed by atoms with Crippen LogP contribution in [0.25, 0.3) is 0 Å². The predicted molar refractivity (Wildman–Crippen MR) is 55.5 cm³/mol. The lowest BCUT2D eigenvalue weighted by molar-refractivity contribution is 0.308. The summed E-state index contributed by atoms with van der Waals surface area (Å²) < 4.78 is 25.1. The zero-order valence-corrected chi connectivity index (χ0v) is 9.07. The lowest BCUT2D eigenvalue weighted by Crippen LogP contribution is -2.42. The van der Waals surface area contributed by atoms with E-state index in [9.17, 15) is 8.42 Å². The van der Waals surface area contributed by atoms with Gasteiger partial charge in [0.15, 0.2) is 5.03 Å². The summed E-state index contributed by atoms with van der Waals surface area (Å²) in [5.74, 6) is 0. The van der Waals surface area contributed by atoms with Crippen molar-refractivity contribution in [1.82, 2.24) is 9.29 Å². The van der Waals surface area contributed by atoms with Crippen LogP contribution in [0.4, 0.5) is 0 Å². The summed E-state index contributed by atoms with van der Waals surface area (Å²) in [7, 11) is -3.35. The first-order valence-electron chi connectivity index (χ1n) is 4.80. The van der Waals surface area contributed by atoms with Crippen LogP contribution in [0.15, 0.2) is 23.4 Å². The van der Waals surface area contributed by atoms with Crippen molar-refractivity contribution in [3.63, 3.8) is 0 Å². The van der Waals surface area contributed by atoms with Crippen molar-refractivity contribution in [3.8, 4) is 0 Å². The molecule has 15 heavy (non-hydrogen) atoms. The van der Waals surface area contributed by atoms with E-state index in [-0.39, 0.29) is 5.03 Å². The topological polar surface area (TPSA) is 76.3 Å². The average Bonchev–Trinajstić information content (AvgIpc) is 2.14. The summed E-state index contributed by atoms with van der Waals surface area (Å²) in [4.78, 5) is 3.91. The summed E-state index contributed by atoms with van der Waals surface area (Å²) in [6, 6.07) is 3.20. The molecule has 0 aliphatic carbocycles. The number of nitrogens with two attached hydrogens (primary N) is 1. The number of nitrogens with zero attached hydrogens (tertiary/aromatic N) is 2. The summed E-state index contributed by atoms with van der Waals surface area (Å²) in [5.41, 5.74) is 6.24. The maximum absolute atomic E-state index is 11.8. The van der Waals surface area contributed by atoms with Crippen molar-refractivity contribution in [3.05, 3.63) is 23.9 Å². The molecule has 1 fully saturated rings. The van der Waals surface area contributed by atoms with Gasteiger partial charge < -0.3 is 5.73 Å². The fourth-order valence-corrected chi connectivity index (χ4v) is 2.77. The standard InChI is InChI=1S/C9H13N3O2S/c10-6-8-2-3-9(11-7-8)15(13,14)12-4-1-5-12/h2-3,7H,1,4-6,10H2. The Morgan fingerprint density at radius 1 is 1.40 bits per heavy atom. The van der Waals surface area contributed by atoms with Gasteiger partial charge in [0.1, 0.15) is 0 Å². The second kappa shape index (κ2) is 3.88. The molecule has 82 valence electrons. The molecule has 2 N–H and O–H groups in total. The van der Waals surface area contributed by atoms with Crippen LogP contribution in [0.2, 0.25) is 0 Å². The first-order valence-corrected chi connectivity index (χ1v) is 6.24. The van der Waals surface area contributed by atoms with Crippen molar-refractivity contribution < 1.29 is 8.42 Å². The molecule has 1 aliphatic rings. The smallest absolute Gasteiger partial charge is 0.260 e. The van der Waals surface area contributed by atoms with E-state index in [1.54, 1.807) is 6.07 Å². The van der Waals surface area contributed by atoms with E-state index < -0.39 is 10.0 Å². The molecule has 0 spiro atoms. The van der Waals surface area contributed by atoms with Crippen molar-refractivity contribution in [1.29, 1.82) is 0 Å². The van der Waals surface area contributed by atoms with E-state index in [4.69, 9.17) is 5.73 Å². The van der Waals surface area contributed by atoms with Crippen molar-refractivity contribution in [2.24, 2.45) is 5.73 Å². The highest BCUT2D eigenvalue weighted by Gasteiger charge is 2.30. The Morgan fingerprint density at radius 2 is 2.13 bits per heavy atom. The highest BCUT2D eigenvalue weighted by molar-refractivity contribution is 7.89. The Kier molecular flexibility index (Phi) is 2.72. The van der Waals surface area contributed by atoms with E-state index in [1.165, 1.54) is 16.6 Å². The Balaban J connectivity index is 2.28. The quantitative estimate of drug-likeness (QED) is 0.784. The van der Waals surface area contributed by atoms with Gasteiger partial charge in [0.25, 0.3) is 10.0 Å². The van der Waals surface area contributed by atoms with Gasteiger partial charge in [-0.05, 0) is 18.1 Å². The molecule has 1 aliphatic heterocycles. The number of pyridine rings is 1. The Hall–Kier alpha value is -0.980. The van der Waals surface area contributed by atoms with Gasteiger partial charge in [0.05, 0.1) is 0 Å². The molecule has 2 rings (SSSR count). The van der Waals surface area contributed by atoms with E-state index >= 15 is 0 Å². The third-order valence-electron chi connectivity index (χ3n) is 2.45. The molecule has 0 unspecified atom stereocenters. The molecule has 0 aromatic carbocycles. The molecule has 2 heterocycles. The summed E-state index contributed by atoms with van der Waals surface area (Å²) in [5, 5.41) is 0.111. The minimum Gasteiger partial charge on any atom is -0.326 e. The fraction of sp³-hybridized carbons (Fsp3) is 0.444. The van der Waals surface area contributed by atoms with E-state index in [2.05, 4.69) is 4.98 Å². The van der Waals surface area contributed by atoms with E-state index in [1.807, 2.05) is 0 Å². The van der Waals surface area contributed by atoms with Gasteiger partial charge in [0.2, 0.25) is 0 Å². The van der Waals surface area contributed by atoms with Crippen LogP contribution >= 0.6 is 0 Å². The van der Waals surface area contributed by atoms with Gasteiger partial charge in [-0.25, -0.2) is 13.4 Å². The number of hydrogen-bond acceptors (Lipinski definition) is 4. The van der Waals surface area contributed by atoms with Crippen LogP contribution in [-0.4, -0.2) is 30.8 Å². The van der Waals surface area contributed by atoms with Crippen LogP contribution in [0, 0.1) is 0 Å². The van der Waals surface area contributed by atoms with Crippen LogP contribution in [0.3, 0.4) is 0 Å². The molecule has 6 heteroatoms. The highest BCUT2D eigenvalue weighted by atomic mass is 32.2. The molecule has 0 bridgehead atoms. The van der Waals surface area contributed by atoms with Gasteiger partial charge in [-0.15, -0.1) is 0 Å². The second-order valence-corrected chi connectivity index (χ2v) is 5.35. The summed E-state index contributed by atoms with van der Waals surface area (Å²) in [6.07, 6.45) is 2.44. The van der Waals surface area contributed by atoms with Crippen molar-refractivity contribution >= 4 is 10.0 Å². The number of aromatic nitrogens is 1. The largest absolute Gasteiger partial charge is 0.326 e. The van der Waals surface area contributed by atoms with Crippen LogP contribution < -0.4 is 5.73 Å². The first kappa shape index (κ1) is 10.5. The molecule has 1 saturated heterocycles. The molecule has 1 aromatic heterocycles. The maximum Gasteiger partial charge on any atom is 0.260 e. The monoisotopic (exact) mass is 227 g/mol.